The van der Waals surface area contributed by atoms with Crippen molar-refractivity contribution in [1.29, 1.82) is 0 Å². The molecule has 2 aromatic rings. The highest BCUT2D eigenvalue weighted by molar-refractivity contribution is 6.29. The summed E-state index contributed by atoms with van der Waals surface area (Å²) in [7, 11) is 0. The van der Waals surface area contributed by atoms with Crippen molar-refractivity contribution in [3.63, 3.8) is 0 Å². The van der Waals surface area contributed by atoms with Gasteiger partial charge >= 0.3 is 0 Å². The molecule has 1 aromatic carbocycles. The second-order valence-corrected chi connectivity index (χ2v) is 6.23. The van der Waals surface area contributed by atoms with Gasteiger partial charge in [0.25, 0.3) is 5.91 Å². The van der Waals surface area contributed by atoms with E-state index in [9.17, 15) is 4.79 Å². The third kappa shape index (κ3) is 2.96. The van der Waals surface area contributed by atoms with E-state index < -0.39 is 0 Å². The Kier molecular flexibility index (Phi) is 4.36. The first-order valence-electron chi connectivity index (χ1n) is 7.63. The van der Waals surface area contributed by atoms with Crippen LogP contribution in [0.4, 0.5) is 0 Å². The van der Waals surface area contributed by atoms with Crippen LogP contribution in [0, 0.1) is 0 Å². The number of amides is 1. The maximum atomic E-state index is 12.2. The number of nitrogens with zero attached hydrogens (tertiary/aromatic N) is 2. The first-order valence-corrected chi connectivity index (χ1v) is 8.01. The van der Waals surface area contributed by atoms with E-state index in [0.29, 0.717) is 17.4 Å². The number of carbonyl (C=O) groups excluding carboxylic acids is 1. The summed E-state index contributed by atoms with van der Waals surface area (Å²) in [5.41, 5.74) is 2.27. The highest BCUT2D eigenvalue weighted by atomic mass is 35.5. The molecule has 22 heavy (non-hydrogen) atoms. The molecule has 0 saturated carbocycles. The van der Waals surface area contributed by atoms with Gasteiger partial charge in [-0.25, -0.2) is 4.98 Å². The van der Waals surface area contributed by atoms with Crippen molar-refractivity contribution in [2.45, 2.75) is 38.8 Å². The van der Waals surface area contributed by atoms with E-state index in [1.807, 2.05) is 16.7 Å². The number of benzene rings is 1. The van der Waals surface area contributed by atoms with Crippen LogP contribution < -0.4 is 5.32 Å². The van der Waals surface area contributed by atoms with Gasteiger partial charge in [0, 0.05) is 24.8 Å². The average Bonchev–Trinajstić information content (AvgIpc) is 3.09. The predicted molar refractivity (Wildman–Crippen MR) is 86.4 cm³/mol. The van der Waals surface area contributed by atoms with Crippen molar-refractivity contribution < 1.29 is 9.53 Å². The second kappa shape index (κ2) is 6.26. The van der Waals surface area contributed by atoms with Gasteiger partial charge in [-0.15, -0.1) is 0 Å². The molecule has 1 saturated heterocycles. The molecule has 3 rings (SSSR count). The van der Waals surface area contributed by atoms with E-state index in [4.69, 9.17) is 16.3 Å². The normalized spacial score (nSPS) is 18.3. The topological polar surface area (TPSA) is 56.2 Å². The minimum absolute atomic E-state index is 0.104. The summed E-state index contributed by atoms with van der Waals surface area (Å²) in [6, 6.07) is 5.71. The van der Waals surface area contributed by atoms with Gasteiger partial charge in [0.2, 0.25) is 5.28 Å². The van der Waals surface area contributed by atoms with Crippen molar-refractivity contribution in [3.05, 3.63) is 29.0 Å². The van der Waals surface area contributed by atoms with Gasteiger partial charge in [0.05, 0.1) is 17.1 Å². The molecule has 118 valence electrons. The summed E-state index contributed by atoms with van der Waals surface area (Å²) in [4.78, 5) is 16.6. The third-order valence-corrected chi connectivity index (χ3v) is 4.21. The molecule has 6 heteroatoms. The molecule has 1 aliphatic rings. The highest BCUT2D eigenvalue weighted by Gasteiger charge is 2.18. The third-order valence-electron chi connectivity index (χ3n) is 3.94. The Balaban J connectivity index is 1.78. The van der Waals surface area contributed by atoms with Crippen LogP contribution >= 0.6 is 11.6 Å². The molecule has 1 aromatic heterocycles. The molecule has 5 nitrogen and oxygen atoms in total. The first kappa shape index (κ1) is 15.3. The fraction of sp³-hybridized carbons (Fsp3) is 0.500. The monoisotopic (exact) mass is 321 g/mol. The van der Waals surface area contributed by atoms with E-state index in [1.54, 1.807) is 6.07 Å². The lowest BCUT2D eigenvalue weighted by molar-refractivity contribution is 0.0858. The Morgan fingerprint density at radius 3 is 3.05 bits per heavy atom. The summed E-state index contributed by atoms with van der Waals surface area (Å²) in [5, 5.41) is 3.36. The minimum Gasteiger partial charge on any atom is -0.376 e. The van der Waals surface area contributed by atoms with Crippen LogP contribution in [0.25, 0.3) is 11.0 Å². The Labute approximate surface area is 134 Å². The fourth-order valence-corrected chi connectivity index (χ4v) is 3.19. The van der Waals surface area contributed by atoms with Gasteiger partial charge in [0.1, 0.15) is 0 Å². The molecule has 0 unspecified atom stereocenters. The fourth-order valence-electron chi connectivity index (χ4n) is 2.82. The average molecular weight is 322 g/mol. The van der Waals surface area contributed by atoms with Gasteiger partial charge < -0.3 is 14.6 Å². The molecular weight excluding hydrogens is 302 g/mol. The standard InChI is InChI=1S/C16H20ClN3O2/c1-10(2)20-14-6-5-11(8-13(14)19-16(20)17)15(21)18-9-12-4-3-7-22-12/h5-6,8,10,12H,3-4,7,9H2,1-2H3,(H,18,21)/t12-/m1/s1. The molecule has 0 spiro atoms. The number of hydrogen-bond acceptors (Lipinski definition) is 3. The van der Waals surface area contributed by atoms with Gasteiger partial charge in [-0.1, -0.05) is 0 Å². The van der Waals surface area contributed by atoms with Crippen LogP contribution in [0.1, 0.15) is 43.1 Å². The van der Waals surface area contributed by atoms with Crippen molar-refractivity contribution in [1.82, 2.24) is 14.9 Å². The highest BCUT2D eigenvalue weighted by Crippen LogP contribution is 2.25. The molecular formula is C16H20ClN3O2. The van der Waals surface area contributed by atoms with E-state index >= 15 is 0 Å². The lowest BCUT2D eigenvalue weighted by Gasteiger charge is -2.11. The van der Waals surface area contributed by atoms with Crippen molar-refractivity contribution >= 4 is 28.5 Å². The van der Waals surface area contributed by atoms with E-state index in [2.05, 4.69) is 24.1 Å². The SMILES string of the molecule is CC(C)n1c(Cl)nc2cc(C(=O)NC[C@H]3CCCO3)ccc21. The molecule has 1 aliphatic heterocycles. The van der Waals surface area contributed by atoms with Crippen LogP contribution in [0.2, 0.25) is 5.28 Å². The number of nitrogens with one attached hydrogen (secondary N) is 1. The number of rotatable bonds is 4. The van der Waals surface area contributed by atoms with E-state index in [0.717, 1.165) is 30.5 Å². The van der Waals surface area contributed by atoms with Gasteiger partial charge in [-0.3, -0.25) is 4.79 Å². The lowest BCUT2D eigenvalue weighted by atomic mass is 10.1. The smallest absolute Gasteiger partial charge is 0.251 e. The van der Waals surface area contributed by atoms with Crippen LogP contribution in [0.3, 0.4) is 0 Å². The molecule has 0 bridgehead atoms. The second-order valence-electron chi connectivity index (χ2n) is 5.89. The first-order chi connectivity index (χ1) is 10.6. The Hall–Kier alpha value is -1.59. The number of imidazole rings is 1. The van der Waals surface area contributed by atoms with Crippen LogP contribution in [0.5, 0.6) is 0 Å². The van der Waals surface area contributed by atoms with Crippen molar-refractivity contribution in [2.75, 3.05) is 13.2 Å². The summed E-state index contributed by atoms with van der Waals surface area (Å²) < 4.78 is 7.46. The zero-order chi connectivity index (χ0) is 15.7. The Bertz CT molecular complexity index is 690. The van der Waals surface area contributed by atoms with Crippen LogP contribution in [0.15, 0.2) is 18.2 Å². The summed E-state index contributed by atoms with van der Waals surface area (Å²) >= 11 is 6.18. The molecule has 0 aliphatic carbocycles. The van der Waals surface area contributed by atoms with Gasteiger partial charge in [-0.05, 0) is 56.5 Å². The predicted octanol–water partition coefficient (Wildman–Crippen LogP) is 3.18. The van der Waals surface area contributed by atoms with Crippen LogP contribution in [-0.2, 0) is 4.74 Å². The maximum absolute atomic E-state index is 12.2. The largest absolute Gasteiger partial charge is 0.376 e. The molecule has 1 fully saturated rings. The summed E-state index contributed by atoms with van der Waals surface area (Å²) in [5.74, 6) is -0.104. The zero-order valence-electron chi connectivity index (χ0n) is 12.8. The minimum atomic E-state index is -0.104. The van der Waals surface area contributed by atoms with Crippen LogP contribution in [-0.4, -0.2) is 34.7 Å². The summed E-state index contributed by atoms with van der Waals surface area (Å²) in [6.45, 7) is 5.44. The molecule has 2 heterocycles. The maximum Gasteiger partial charge on any atom is 0.251 e. The van der Waals surface area contributed by atoms with Gasteiger partial charge in [0.15, 0.2) is 0 Å². The summed E-state index contributed by atoms with van der Waals surface area (Å²) in [6.07, 6.45) is 2.22. The van der Waals surface area contributed by atoms with Crippen molar-refractivity contribution in [2.24, 2.45) is 0 Å². The molecule has 1 atom stereocenters. The van der Waals surface area contributed by atoms with Crippen molar-refractivity contribution in [3.8, 4) is 0 Å². The van der Waals surface area contributed by atoms with Gasteiger partial charge in [-0.2, -0.15) is 0 Å². The number of aromatic nitrogens is 2. The van der Waals surface area contributed by atoms with E-state index in [-0.39, 0.29) is 18.1 Å². The Morgan fingerprint density at radius 1 is 1.55 bits per heavy atom. The molecule has 1 amide bonds. The number of hydrogen-bond donors (Lipinski definition) is 1. The number of halogens is 1. The molecule has 1 N–H and O–H groups in total. The number of ether oxygens (including phenoxy) is 1. The number of fused-ring (bicyclic) bond motifs is 1. The van der Waals surface area contributed by atoms with E-state index in [1.165, 1.54) is 0 Å². The number of carbonyl (C=O) groups is 1. The lowest BCUT2D eigenvalue weighted by Crippen LogP contribution is -2.31. The quantitative estimate of drug-likeness (QED) is 0.941. The Morgan fingerprint density at radius 2 is 2.36 bits per heavy atom. The zero-order valence-corrected chi connectivity index (χ0v) is 13.6. The molecule has 0 radical (unpaired) electrons.